The molecule has 4 rings (SSSR count). The van der Waals surface area contributed by atoms with E-state index in [0.717, 1.165) is 16.8 Å². The van der Waals surface area contributed by atoms with Gasteiger partial charge in [0.1, 0.15) is 34.5 Å². The first-order chi connectivity index (χ1) is 16.7. The van der Waals surface area contributed by atoms with Crippen LogP contribution in [0.3, 0.4) is 0 Å². The number of piperidine rings is 1. The Morgan fingerprint density at radius 3 is 2.57 bits per heavy atom. The predicted molar refractivity (Wildman–Crippen MR) is 127 cm³/mol. The third kappa shape index (κ3) is 4.61. The lowest BCUT2D eigenvalue weighted by Gasteiger charge is -2.32. The van der Waals surface area contributed by atoms with Crippen LogP contribution < -0.4 is 4.74 Å². The minimum Gasteiger partial charge on any atom is -0.494 e. The van der Waals surface area contributed by atoms with E-state index in [4.69, 9.17) is 4.74 Å². The van der Waals surface area contributed by atoms with Crippen LogP contribution in [0, 0.1) is 29.6 Å². The first-order valence-electron chi connectivity index (χ1n) is 11.3. The number of amides is 1. The lowest BCUT2D eigenvalue weighted by atomic mass is 10.0. The molecular weight excluding hydrogens is 446 g/mol. The molecule has 1 saturated heterocycles. The normalized spacial score (nSPS) is 15.2. The van der Waals surface area contributed by atoms with Crippen molar-refractivity contribution in [1.29, 1.82) is 10.5 Å². The van der Waals surface area contributed by atoms with Crippen LogP contribution in [0.15, 0.2) is 36.3 Å². The number of fused-ring (bicyclic) bond motifs is 1. The zero-order valence-electron chi connectivity index (χ0n) is 20.2. The first kappa shape index (κ1) is 24.0. The fourth-order valence-electron chi connectivity index (χ4n) is 4.52. The van der Waals surface area contributed by atoms with Crippen molar-refractivity contribution in [2.75, 3.05) is 20.2 Å². The Labute approximate surface area is 203 Å². The number of nitriles is 2. The van der Waals surface area contributed by atoms with Gasteiger partial charge in [-0.15, -0.1) is 0 Å². The molecule has 0 saturated carbocycles. The van der Waals surface area contributed by atoms with E-state index >= 15 is 0 Å². The molecule has 1 N–H and O–H groups in total. The second-order valence-corrected chi connectivity index (χ2v) is 9.20. The van der Waals surface area contributed by atoms with Crippen molar-refractivity contribution < 1.29 is 14.6 Å². The number of nitrogens with zero attached hydrogens (tertiary/aromatic N) is 7. The molecule has 1 aliphatic rings. The van der Waals surface area contributed by atoms with E-state index in [1.54, 1.807) is 16.5 Å². The molecule has 0 aromatic carbocycles. The summed E-state index contributed by atoms with van der Waals surface area (Å²) in [5, 5.41) is 37.6. The van der Waals surface area contributed by atoms with Gasteiger partial charge in [0, 0.05) is 36.1 Å². The zero-order valence-corrected chi connectivity index (χ0v) is 20.2. The van der Waals surface area contributed by atoms with Crippen molar-refractivity contribution in [3.63, 3.8) is 0 Å². The summed E-state index contributed by atoms with van der Waals surface area (Å²) >= 11 is 0. The van der Waals surface area contributed by atoms with Gasteiger partial charge in [0.2, 0.25) is 0 Å². The predicted octanol–water partition coefficient (Wildman–Crippen LogP) is 2.77. The van der Waals surface area contributed by atoms with E-state index in [-0.39, 0.29) is 17.5 Å². The molecule has 4 heterocycles. The number of methoxy groups -OCH3 is 1. The Balaban J connectivity index is 1.54. The number of carbonyl (C=O) groups excluding carboxylic acids is 1. The minimum absolute atomic E-state index is 0.0453. The molecule has 180 valence electrons. The number of aromatic nitrogens is 4. The molecule has 0 radical (unpaired) electrons. The van der Waals surface area contributed by atoms with Crippen LogP contribution in [-0.2, 0) is 4.79 Å². The highest BCUT2D eigenvalue weighted by Gasteiger charge is 2.28. The number of rotatable bonds is 5. The molecule has 1 fully saturated rings. The van der Waals surface area contributed by atoms with Crippen LogP contribution >= 0.6 is 0 Å². The average Bonchev–Trinajstić information content (AvgIpc) is 3.44. The third-order valence-electron chi connectivity index (χ3n) is 6.22. The van der Waals surface area contributed by atoms with Gasteiger partial charge in [-0.1, -0.05) is 0 Å². The summed E-state index contributed by atoms with van der Waals surface area (Å²) in [5.41, 5.74) is 2.56. The molecule has 0 atom stereocenters. The van der Waals surface area contributed by atoms with Crippen LogP contribution in [-0.4, -0.2) is 61.1 Å². The van der Waals surface area contributed by atoms with Gasteiger partial charge in [0.15, 0.2) is 0 Å². The maximum atomic E-state index is 12.8. The van der Waals surface area contributed by atoms with Crippen molar-refractivity contribution in [2.45, 2.75) is 45.3 Å². The quantitative estimate of drug-likeness (QED) is 0.445. The standard InChI is InChI=1S/C25H27N7O3/c1-16-21(17-9-22(35-4)23-19(12-27)13-28-31(23)15-17)14-29-32(16)20-5-7-30(8-6-20)24(33)18(11-26)10-25(2,3)34/h9-10,13-15,20,34H,5-8H2,1-4H3/b18-10+. The van der Waals surface area contributed by atoms with E-state index < -0.39 is 5.60 Å². The second kappa shape index (κ2) is 9.24. The highest BCUT2D eigenvalue weighted by molar-refractivity contribution is 5.97. The van der Waals surface area contributed by atoms with Gasteiger partial charge in [-0.2, -0.15) is 20.7 Å². The van der Waals surface area contributed by atoms with Crippen LogP contribution in [0.1, 0.15) is 44.0 Å². The SMILES string of the molecule is COc1cc(-c2cnn(C3CCN(C(=O)/C(C#N)=C/C(C)(C)O)CC3)c2C)cn2ncc(C#N)c12. The Morgan fingerprint density at radius 1 is 1.26 bits per heavy atom. The van der Waals surface area contributed by atoms with Crippen molar-refractivity contribution in [1.82, 2.24) is 24.3 Å². The van der Waals surface area contributed by atoms with Gasteiger partial charge in [-0.3, -0.25) is 9.48 Å². The topological polar surface area (TPSA) is 132 Å². The summed E-state index contributed by atoms with van der Waals surface area (Å²) < 4.78 is 9.15. The van der Waals surface area contributed by atoms with Crippen molar-refractivity contribution in [2.24, 2.45) is 0 Å². The molecular formula is C25H27N7O3. The number of aliphatic hydroxyl groups is 1. The molecule has 3 aromatic rings. The monoisotopic (exact) mass is 473 g/mol. The number of carbonyl (C=O) groups is 1. The van der Waals surface area contributed by atoms with Crippen LogP contribution in [0.4, 0.5) is 0 Å². The van der Waals surface area contributed by atoms with E-state index in [9.17, 15) is 20.4 Å². The molecule has 10 heteroatoms. The Kier molecular flexibility index (Phi) is 6.33. The second-order valence-electron chi connectivity index (χ2n) is 9.20. The Hall–Kier alpha value is -4.15. The lowest BCUT2D eigenvalue weighted by Crippen LogP contribution is -2.40. The van der Waals surface area contributed by atoms with E-state index in [2.05, 4.69) is 16.3 Å². The fourth-order valence-corrected chi connectivity index (χ4v) is 4.52. The summed E-state index contributed by atoms with van der Waals surface area (Å²) in [6.07, 6.45) is 7.87. The van der Waals surface area contributed by atoms with E-state index in [0.29, 0.717) is 42.8 Å². The fraction of sp³-hybridized carbons (Fsp3) is 0.400. The van der Waals surface area contributed by atoms with Crippen LogP contribution in [0.25, 0.3) is 16.6 Å². The molecule has 0 spiro atoms. The molecule has 1 amide bonds. The summed E-state index contributed by atoms with van der Waals surface area (Å²) in [7, 11) is 1.56. The molecule has 3 aromatic heterocycles. The number of pyridine rings is 1. The summed E-state index contributed by atoms with van der Waals surface area (Å²) in [4.78, 5) is 14.4. The van der Waals surface area contributed by atoms with E-state index in [1.807, 2.05) is 36.1 Å². The maximum absolute atomic E-state index is 12.8. The van der Waals surface area contributed by atoms with Gasteiger partial charge in [0.05, 0.1) is 31.1 Å². The first-order valence-corrected chi connectivity index (χ1v) is 11.3. The van der Waals surface area contributed by atoms with Gasteiger partial charge in [-0.05, 0) is 45.8 Å². The van der Waals surface area contributed by atoms with Gasteiger partial charge < -0.3 is 14.7 Å². The number of ether oxygens (including phenoxy) is 1. The van der Waals surface area contributed by atoms with E-state index in [1.165, 1.54) is 26.1 Å². The molecule has 0 aliphatic carbocycles. The maximum Gasteiger partial charge on any atom is 0.264 e. The average molecular weight is 474 g/mol. The highest BCUT2D eigenvalue weighted by Crippen LogP contribution is 2.33. The van der Waals surface area contributed by atoms with Gasteiger partial charge >= 0.3 is 0 Å². The number of hydrogen-bond acceptors (Lipinski definition) is 7. The summed E-state index contributed by atoms with van der Waals surface area (Å²) in [5.74, 6) is 0.199. The number of hydrogen-bond donors (Lipinski definition) is 1. The zero-order chi connectivity index (χ0) is 25.3. The Bertz CT molecular complexity index is 1390. The van der Waals surface area contributed by atoms with Crippen molar-refractivity contribution in [3.05, 3.63) is 47.6 Å². The number of likely N-dealkylation sites (tertiary alicyclic amines) is 1. The van der Waals surface area contributed by atoms with Crippen LogP contribution in [0.5, 0.6) is 5.75 Å². The summed E-state index contributed by atoms with van der Waals surface area (Å²) in [6, 6.07) is 6.04. The van der Waals surface area contributed by atoms with Crippen LogP contribution in [0.2, 0.25) is 0 Å². The molecule has 1 aliphatic heterocycles. The molecule has 10 nitrogen and oxygen atoms in total. The lowest BCUT2D eigenvalue weighted by molar-refractivity contribution is -0.128. The molecule has 35 heavy (non-hydrogen) atoms. The highest BCUT2D eigenvalue weighted by atomic mass is 16.5. The van der Waals surface area contributed by atoms with Crippen molar-refractivity contribution in [3.8, 4) is 29.0 Å². The van der Waals surface area contributed by atoms with Gasteiger partial charge in [0.25, 0.3) is 5.91 Å². The summed E-state index contributed by atoms with van der Waals surface area (Å²) in [6.45, 7) is 6.05. The smallest absolute Gasteiger partial charge is 0.264 e. The third-order valence-corrected chi connectivity index (χ3v) is 6.22. The largest absolute Gasteiger partial charge is 0.494 e. The Morgan fingerprint density at radius 2 is 1.97 bits per heavy atom. The van der Waals surface area contributed by atoms with Crippen molar-refractivity contribution >= 4 is 11.4 Å². The van der Waals surface area contributed by atoms with Gasteiger partial charge in [-0.25, -0.2) is 4.52 Å². The minimum atomic E-state index is -1.24. The molecule has 0 bridgehead atoms. The molecule has 0 unspecified atom stereocenters.